The van der Waals surface area contributed by atoms with E-state index in [9.17, 15) is 9.18 Å². The first-order valence-electron chi connectivity index (χ1n) is 5.97. The number of halogens is 1. The van der Waals surface area contributed by atoms with E-state index < -0.39 is 5.54 Å². The van der Waals surface area contributed by atoms with Crippen molar-refractivity contribution in [2.24, 2.45) is 0 Å². The van der Waals surface area contributed by atoms with Crippen LogP contribution >= 0.6 is 0 Å². The number of carbonyl (C=O) groups excluding carboxylic acids is 1. The lowest BCUT2D eigenvalue weighted by Crippen LogP contribution is -2.52. The van der Waals surface area contributed by atoms with Gasteiger partial charge in [-0.1, -0.05) is 22.8 Å². The molecule has 2 aromatic rings. The minimum Gasteiger partial charge on any atom is -0.339 e. The topological polar surface area (TPSA) is 59.8 Å². The number of rotatable bonds is 1. The van der Waals surface area contributed by atoms with Gasteiger partial charge in [-0.05, 0) is 13.0 Å². The van der Waals surface area contributed by atoms with Crippen LogP contribution in [0.1, 0.15) is 23.0 Å². The summed E-state index contributed by atoms with van der Waals surface area (Å²) in [6.07, 6.45) is 1.40. The van der Waals surface area contributed by atoms with Crippen molar-refractivity contribution in [1.29, 1.82) is 0 Å². The molecule has 2 heterocycles. The van der Waals surface area contributed by atoms with Gasteiger partial charge in [0.2, 0.25) is 0 Å². The lowest BCUT2D eigenvalue weighted by Gasteiger charge is -2.35. The van der Waals surface area contributed by atoms with Gasteiger partial charge in [-0.15, -0.1) is 5.10 Å². The van der Waals surface area contributed by atoms with Crippen LogP contribution in [0.15, 0.2) is 24.4 Å². The van der Waals surface area contributed by atoms with E-state index in [1.807, 2.05) is 7.85 Å². The molecular formula is C12H12BFN4O. The van der Waals surface area contributed by atoms with Crippen molar-refractivity contribution in [3.05, 3.63) is 41.5 Å². The quantitative estimate of drug-likeness (QED) is 0.690. The number of hydrogen-bond donors (Lipinski definition) is 1. The number of nitrogens with zero attached hydrogens (tertiary/aromatic N) is 3. The molecule has 0 fully saturated rings. The molecule has 7 heteroatoms. The first-order chi connectivity index (χ1) is 8.99. The highest BCUT2D eigenvalue weighted by Crippen LogP contribution is 2.28. The summed E-state index contributed by atoms with van der Waals surface area (Å²) < 4.78 is 15.5. The Morgan fingerprint density at radius 2 is 2.32 bits per heavy atom. The maximum Gasteiger partial charge on any atom is 0.271 e. The van der Waals surface area contributed by atoms with E-state index in [1.165, 1.54) is 16.9 Å². The molecule has 0 unspecified atom stereocenters. The zero-order valence-electron chi connectivity index (χ0n) is 10.6. The van der Waals surface area contributed by atoms with Crippen LogP contribution < -0.4 is 10.8 Å². The summed E-state index contributed by atoms with van der Waals surface area (Å²) in [5.41, 5.74) is 0.970. The number of amides is 1. The van der Waals surface area contributed by atoms with Gasteiger partial charge >= 0.3 is 0 Å². The second kappa shape index (κ2) is 3.91. The highest BCUT2D eigenvalue weighted by molar-refractivity contribution is 6.32. The van der Waals surface area contributed by atoms with Crippen LogP contribution in [0, 0.1) is 5.82 Å². The highest BCUT2D eigenvalue weighted by Gasteiger charge is 2.38. The molecule has 1 N–H and O–H groups in total. The van der Waals surface area contributed by atoms with Gasteiger partial charge in [0.15, 0.2) is 0 Å². The van der Waals surface area contributed by atoms with Crippen molar-refractivity contribution >= 4 is 19.2 Å². The molecule has 0 saturated heterocycles. The molecule has 1 aliphatic rings. The van der Waals surface area contributed by atoms with Gasteiger partial charge in [0, 0.05) is 5.56 Å². The van der Waals surface area contributed by atoms with E-state index in [1.54, 1.807) is 19.1 Å². The Labute approximate surface area is 110 Å². The third-order valence-corrected chi connectivity index (χ3v) is 3.42. The molecular weight excluding hydrogens is 246 g/mol. The molecule has 3 rings (SSSR count). The van der Waals surface area contributed by atoms with Gasteiger partial charge < -0.3 is 5.32 Å². The molecule has 96 valence electrons. The first-order valence-corrected chi connectivity index (χ1v) is 5.97. The van der Waals surface area contributed by atoms with Gasteiger partial charge in [-0.3, -0.25) is 4.79 Å². The number of carbonyl (C=O) groups is 1. The minimum atomic E-state index is -0.826. The molecule has 19 heavy (non-hydrogen) atoms. The van der Waals surface area contributed by atoms with Crippen LogP contribution in [0.3, 0.4) is 0 Å². The van der Waals surface area contributed by atoms with Crippen LogP contribution in [0.2, 0.25) is 0 Å². The third-order valence-electron chi connectivity index (χ3n) is 3.42. The van der Waals surface area contributed by atoms with E-state index in [4.69, 9.17) is 0 Å². The maximum atomic E-state index is 14.0. The number of aromatic nitrogens is 3. The summed E-state index contributed by atoms with van der Waals surface area (Å²) in [6.45, 7) is 2.14. The van der Waals surface area contributed by atoms with Crippen molar-refractivity contribution in [1.82, 2.24) is 20.3 Å². The van der Waals surface area contributed by atoms with Gasteiger partial charge in [0.1, 0.15) is 19.4 Å². The van der Waals surface area contributed by atoms with E-state index in [2.05, 4.69) is 15.6 Å². The predicted molar refractivity (Wildman–Crippen MR) is 69.4 cm³/mol. The smallest absolute Gasteiger partial charge is 0.271 e. The fourth-order valence-electron chi connectivity index (χ4n) is 2.42. The van der Waals surface area contributed by atoms with E-state index in [0.717, 1.165) is 5.46 Å². The highest BCUT2D eigenvalue weighted by atomic mass is 19.1. The summed E-state index contributed by atoms with van der Waals surface area (Å²) in [4.78, 5) is 12.0. The molecule has 0 radical (unpaired) electrons. The van der Waals surface area contributed by atoms with Crippen LogP contribution in [-0.4, -0.2) is 28.7 Å². The molecule has 0 saturated carbocycles. The van der Waals surface area contributed by atoms with Crippen molar-refractivity contribution in [3.8, 4) is 0 Å². The minimum absolute atomic E-state index is 0.292. The Kier molecular flexibility index (Phi) is 2.45. The fourth-order valence-corrected chi connectivity index (χ4v) is 2.42. The molecule has 0 aliphatic carbocycles. The lowest BCUT2D eigenvalue weighted by molar-refractivity contribution is 0.0836. The van der Waals surface area contributed by atoms with Gasteiger partial charge in [0.05, 0.1) is 18.3 Å². The van der Waals surface area contributed by atoms with Crippen molar-refractivity contribution < 1.29 is 9.18 Å². The number of fused-ring (bicyclic) bond motifs is 1. The van der Waals surface area contributed by atoms with Gasteiger partial charge in [0.25, 0.3) is 5.91 Å². The first kappa shape index (κ1) is 11.9. The standard InChI is InChI=1S/C12H12BFN4O/c1-12(8-4-7(13)2-3-9(8)14)6-18-10(5-15-17-18)11(19)16-12/h2-5H,6,13H2,1H3,(H,16,19)/t12-/m0/s1. The van der Waals surface area contributed by atoms with Crippen LogP contribution in [0.5, 0.6) is 0 Å². The van der Waals surface area contributed by atoms with Crippen molar-refractivity contribution in [2.75, 3.05) is 0 Å². The normalized spacial score (nSPS) is 21.9. The van der Waals surface area contributed by atoms with E-state index >= 15 is 0 Å². The van der Waals surface area contributed by atoms with E-state index in [0.29, 0.717) is 17.8 Å². The Hall–Kier alpha value is -2.18. The summed E-state index contributed by atoms with van der Waals surface area (Å²) in [5, 5.41) is 10.4. The van der Waals surface area contributed by atoms with E-state index in [-0.39, 0.29) is 11.7 Å². The van der Waals surface area contributed by atoms with Gasteiger partial charge in [-0.25, -0.2) is 9.07 Å². The summed E-state index contributed by atoms with van der Waals surface area (Å²) >= 11 is 0. The lowest BCUT2D eigenvalue weighted by atomic mass is 9.85. The Morgan fingerprint density at radius 3 is 3.11 bits per heavy atom. The Bertz CT molecular complexity index is 671. The largest absolute Gasteiger partial charge is 0.339 e. The third kappa shape index (κ3) is 1.81. The monoisotopic (exact) mass is 258 g/mol. The van der Waals surface area contributed by atoms with Gasteiger partial charge in [-0.2, -0.15) is 0 Å². The molecule has 1 atom stereocenters. The summed E-state index contributed by atoms with van der Waals surface area (Å²) in [7, 11) is 1.89. The number of nitrogens with one attached hydrogen (secondary N) is 1. The average molecular weight is 258 g/mol. The zero-order valence-corrected chi connectivity index (χ0v) is 10.6. The SMILES string of the molecule is Bc1ccc(F)c([C@]2(C)Cn3nncc3C(=O)N2)c1. The van der Waals surface area contributed by atoms with Crippen LogP contribution in [-0.2, 0) is 12.1 Å². The predicted octanol–water partition coefficient (Wildman–Crippen LogP) is -0.666. The van der Waals surface area contributed by atoms with Crippen molar-refractivity contribution in [2.45, 2.75) is 19.0 Å². The fraction of sp³-hybridized carbons (Fsp3) is 0.250. The second-order valence-corrected chi connectivity index (χ2v) is 5.05. The molecule has 1 aliphatic heterocycles. The molecule has 1 aromatic heterocycles. The molecule has 0 spiro atoms. The molecule has 1 aromatic carbocycles. The van der Waals surface area contributed by atoms with Crippen LogP contribution in [0.4, 0.5) is 4.39 Å². The number of hydrogen-bond acceptors (Lipinski definition) is 3. The zero-order chi connectivity index (χ0) is 13.6. The molecule has 5 nitrogen and oxygen atoms in total. The average Bonchev–Trinajstić information content (AvgIpc) is 2.80. The van der Waals surface area contributed by atoms with Crippen molar-refractivity contribution in [3.63, 3.8) is 0 Å². The Balaban J connectivity index is 2.10. The van der Waals surface area contributed by atoms with Crippen LogP contribution in [0.25, 0.3) is 0 Å². The maximum absolute atomic E-state index is 14.0. The molecule has 1 amide bonds. The summed E-state index contributed by atoms with van der Waals surface area (Å²) in [6, 6.07) is 4.87. The molecule has 0 bridgehead atoms. The second-order valence-electron chi connectivity index (χ2n) is 5.05. The summed E-state index contributed by atoms with van der Waals surface area (Å²) in [5.74, 6) is -0.628. The Morgan fingerprint density at radius 1 is 1.53 bits per heavy atom. The number of benzene rings is 1.